The first kappa shape index (κ1) is 18.0. The average molecular weight is 366 g/mol. The Hall–Kier alpha value is -2.38. The van der Waals surface area contributed by atoms with E-state index in [1.807, 2.05) is 6.07 Å². The van der Waals surface area contributed by atoms with Gasteiger partial charge >= 0.3 is 0 Å². The summed E-state index contributed by atoms with van der Waals surface area (Å²) in [6, 6.07) is 10.6. The molecule has 0 saturated carbocycles. The van der Waals surface area contributed by atoms with Crippen molar-refractivity contribution in [3.8, 4) is 0 Å². The van der Waals surface area contributed by atoms with Gasteiger partial charge in [-0.3, -0.25) is 14.4 Å². The Morgan fingerprint density at radius 3 is 2.33 bits per heavy atom. The number of benzene rings is 1. The number of rotatable bonds is 7. The number of halogens is 1. The minimum absolute atomic E-state index is 0.168. The molecular formula is C16H16ClN3O3S. The average Bonchev–Trinajstić information content (AvgIpc) is 3.11. The summed E-state index contributed by atoms with van der Waals surface area (Å²) in [5.74, 6) is -1.09. The molecule has 24 heavy (non-hydrogen) atoms. The van der Waals surface area contributed by atoms with E-state index in [1.54, 1.807) is 35.7 Å². The molecule has 1 heterocycles. The maximum Gasteiger partial charge on any atom is 0.261 e. The molecule has 0 fully saturated rings. The van der Waals surface area contributed by atoms with E-state index in [0.717, 1.165) is 5.56 Å². The smallest absolute Gasteiger partial charge is 0.261 e. The van der Waals surface area contributed by atoms with Gasteiger partial charge in [0, 0.05) is 11.6 Å². The molecule has 3 amide bonds. The van der Waals surface area contributed by atoms with Crippen LogP contribution in [0.3, 0.4) is 0 Å². The highest BCUT2D eigenvalue weighted by Gasteiger charge is 2.10. The molecule has 1 aromatic carbocycles. The zero-order chi connectivity index (χ0) is 17.4. The maximum absolute atomic E-state index is 11.7. The third-order valence-corrected chi connectivity index (χ3v) is 4.27. The highest BCUT2D eigenvalue weighted by molar-refractivity contribution is 7.12. The van der Waals surface area contributed by atoms with E-state index >= 15 is 0 Å². The van der Waals surface area contributed by atoms with E-state index in [-0.39, 0.29) is 31.4 Å². The predicted octanol–water partition coefficient (Wildman–Crippen LogP) is 1.56. The summed E-state index contributed by atoms with van der Waals surface area (Å²) in [7, 11) is 0. The number of amides is 3. The second-order valence-corrected chi connectivity index (χ2v) is 6.16. The van der Waals surface area contributed by atoms with Crippen LogP contribution in [0.1, 0.15) is 15.2 Å². The van der Waals surface area contributed by atoms with Gasteiger partial charge in [-0.05, 0) is 23.1 Å². The SMILES string of the molecule is O=C(CNC(=O)CNC(=O)c1cccs1)NCc1ccccc1Cl. The van der Waals surface area contributed by atoms with Crippen molar-refractivity contribution in [2.45, 2.75) is 6.54 Å². The fraction of sp³-hybridized carbons (Fsp3) is 0.188. The monoisotopic (exact) mass is 365 g/mol. The summed E-state index contributed by atoms with van der Waals surface area (Å²) in [6.07, 6.45) is 0. The number of hydrogen-bond acceptors (Lipinski definition) is 4. The van der Waals surface area contributed by atoms with Crippen molar-refractivity contribution in [2.24, 2.45) is 0 Å². The Labute approximate surface area is 148 Å². The van der Waals surface area contributed by atoms with E-state index in [9.17, 15) is 14.4 Å². The Morgan fingerprint density at radius 2 is 1.62 bits per heavy atom. The van der Waals surface area contributed by atoms with Crippen molar-refractivity contribution in [3.05, 3.63) is 57.2 Å². The lowest BCUT2D eigenvalue weighted by Crippen LogP contribution is -2.41. The van der Waals surface area contributed by atoms with E-state index in [4.69, 9.17) is 11.6 Å². The molecule has 0 spiro atoms. The number of hydrogen-bond donors (Lipinski definition) is 3. The summed E-state index contributed by atoms with van der Waals surface area (Å²) in [5, 5.41) is 9.93. The van der Waals surface area contributed by atoms with Gasteiger partial charge in [-0.2, -0.15) is 0 Å². The van der Waals surface area contributed by atoms with Crippen LogP contribution in [-0.2, 0) is 16.1 Å². The number of carbonyl (C=O) groups is 3. The van der Waals surface area contributed by atoms with Crippen LogP contribution in [0.2, 0.25) is 5.02 Å². The Balaban J connectivity index is 1.65. The van der Waals surface area contributed by atoms with Crippen molar-refractivity contribution in [2.75, 3.05) is 13.1 Å². The van der Waals surface area contributed by atoms with Gasteiger partial charge in [-0.15, -0.1) is 11.3 Å². The van der Waals surface area contributed by atoms with Crippen molar-refractivity contribution in [1.29, 1.82) is 0 Å². The summed E-state index contributed by atoms with van der Waals surface area (Å²) >= 11 is 7.28. The molecule has 8 heteroatoms. The maximum atomic E-state index is 11.7. The molecule has 0 saturated heterocycles. The molecule has 3 N–H and O–H groups in total. The highest BCUT2D eigenvalue weighted by atomic mass is 35.5. The molecule has 0 aliphatic heterocycles. The van der Waals surface area contributed by atoms with Crippen LogP contribution in [0.25, 0.3) is 0 Å². The van der Waals surface area contributed by atoms with Gasteiger partial charge in [-0.25, -0.2) is 0 Å². The van der Waals surface area contributed by atoms with Gasteiger partial charge in [0.2, 0.25) is 11.8 Å². The first-order valence-corrected chi connectivity index (χ1v) is 8.40. The molecular weight excluding hydrogens is 350 g/mol. The minimum atomic E-state index is -0.437. The van der Waals surface area contributed by atoms with E-state index in [1.165, 1.54) is 11.3 Å². The Morgan fingerprint density at radius 1 is 0.917 bits per heavy atom. The standard InChI is InChI=1S/C16H16ClN3O3S/c17-12-5-2-1-4-11(12)8-18-14(21)9-19-15(22)10-20-16(23)13-6-3-7-24-13/h1-7H,8-10H2,(H,18,21)(H,19,22)(H,20,23). The second kappa shape index (κ2) is 9.05. The number of carbonyl (C=O) groups excluding carboxylic acids is 3. The molecule has 126 valence electrons. The van der Waals surface area contributed by atoms with Crippen molar-refractivity contribution >= 4 is 40.7 Å². The Kier molecular flexibility index (Phi) is 6.77. The first-order chi connectivity index (χ1) is 11.6. The third-order valence-electron chi connectivity index (χ3n) is 3.03. The van der Waals surface area contributed by atoms with Crippen LogP contribution in [0.15, 0.2) is 41.8 Å². The molecule has 2 aromatic rings. The van der Waals surface area contributed by atoms with Gasteiger partial charge < -0.3 is 16.0 Å². The van der Waals surface area contributed by atoms with E-state index in [2.05, 4.69) is 16.0 Å². The van der Waals surface area contributed by atoms with Crippen LogP contribution in [0.4, 0.5) is 0 Å². The quantitative estimate of drug-likeness (QED) is 0.696. The molecule has 0 unspecified atom stereocenters. The van der Waals surface area contributed by atoms with Gasteiger partial charge in [0.25, 0.3) is 5.91 Å². The minimum Gasteiger partial charge on any atom is -0.350 e. The zero-order valence-electron chi connectivity index (χ0n) is 12.7. The summed E-state index contributed by atoms with van der Waals surface area (Å²) < 4.78 is 0. The molecule has 0 bridgehead atoms. The zero-order valence-corrected chi connectivity index (χ0v) is 14.2. The largest absolute Gasteiger partial charge is 0.350 e. The lowest BCUT2D eigenvalue weighted by atomic mass is 10.2. The molecule has 2 rings (SSSR count). The predicted molar refractivity (Wildman–Crippen MR) is 93.0 cm³/mol. The van der Waals surface area contributed by atoms with Crippen LogP contribution in [-0.4, -0.2) is 30.8 Å². The molecule has 1 aromatic heterocycles. The van der Waals surface area contributed by atoms with Crippen LogP contribution < -0.4 is 16.0 Å². The van der Waals surface area contributed by atoms with Crippen molar-refractivity contribution < 1.29 is 14.4 Å². The molecule has 0 radical (unpaired) electrons. The molecule has 6 nitrogen and oxygen atoms in total. The fourth-order valence-electron chi connectivity index (χ4n) is 1.79. The van der Waals surface area contributed by atoms with E-state index < -0.39 is 5.91 Å². The summed E-state index contributed by atoms with van der Waals surface area (Å²) in [4.78, 5) is 35.5. The normalized spacial score (nSPS) is 10.0. The van der Waals surface area contributed by atoms with Crippen LogP contribution in [0.5, 0.6) is 0 Å². The van der Waals surface area contributed by atoms with E-state index in [0.29, 0.717) is 9.90 Å². The first-order valence-electron chi connectivity index (χ1n) is 7.15. The van der Waals surface area contributed by atoms with Crippen molar-refractivity contribution in [3.63, 3.8) is 0 Å². The van der Waals surface area contributed by atoms with Gasteiger partial charge in [0.15, 0.2) is 0 Å². The molecule has 0 aliphatic rings. The summed E-state index contributed by atoms with van der Waals surface area (Å²) in [6.45, 7) is -0.0732. The lowest BCUT2D eigenvalue weighted by Gasteiger charge is -2.08. The number of nitrogens with one attached hydrogen (secondary N) is 3. The molecule has 0 aliphatic carbocycles. The Bertz CT molecular complexity index is 719. The fourth-order valence-corrected chi connectivity index (χ4v) is 2.64. The number of thiophene rings is 1. The van der Waals surface area contributed by atoms with Crippen LogP contribution in [0, 0.1) is 0 Å². The van der Waals surface area contributed by atoms with Gasteiger partial charge in [0.05, 0.1) is 18.0 Å². The summed E-state index contributed by atoms with van der Waals surface area (Å²) in [5.41, 5.74) is 0.794. The van der Waals surface area contributed by atoms with Crippen LogP contribution >= 0.6 is 22.9 Å². The van der Waals surface area contributed by atoms with Crippen molar-refractivity contribution in [1.82, 2.24) is 16.0 Å². The third kappa shape index (κ3) is 5.68. The second-order valence-electron chi connectivity index (χ2n) is 4.80. The van der Waals surface area contributed by atoms with Gasteiger partial charge in [-0.1, -0.05) is 35.9 Å². The topological polar surface area (TPSA) is 87.3 Å². The highest BCUT2D eigenvalue weighted by Crippen LogP contribution is 2.14. The molecule has 0 atom stereocenters. The lowest BCUT2D eigenvalue weighted by molar-refractivity contribution is -0.125. The van der Waals surface area contributed by atoms with Gasteiger partial charge in [0.1, 0.15) is 0 Å².